The summed E-state index contributed by atoms with van der Waals surface area (Å²) in [4.78, 5) is 21.2. The Hall–Kier alpha value is -2.84. The number of carbonyl (C=O) groups excluding carboxylic acids is 1. The number of phenolic OH excluding ortho intramolecular Hbond substituents is 1. The molecule has 0 bridgehead atoms. The summed E-state index contributed by atoms with van der Waals surface area (Å²) in [5.41, 5.74) is 8.22. The van der Waals surface area contributed by atoms with Crippen LogP contribution >= 0.6 is 11.3 Å². The molecule has 8 heteroatoms. The predicted molar refractivity (Wildman–Crippen MR) is 115 cm³/mol. The molecule has 156 valence electrons. The standard InChI is InChI=1S/C22H23FN4O2S/c1-12-6-13(8-14(24)7-12)16-4-5-25-10-19(16)26-21(29)20-11-30-22(27-20)17-9-15(28)2-3-18(17)23/h2-5,9-14,28H,6-8,24H2,1H3,(H,26,29)/t12-,13?,14-/m0/s1. The van der Waals surface area contributed by atoms with Crippen molar-refractivity contribution >= 4 is 22.9 Å². The maximum absolute atomic E-state index is 14.1. The number of halogens is 1. The molecule has 1 aliphatic rings. The summed E-state index contributed by atoms with van der Waals surface area (Å²) in [7, 11) is 0. The number of thiazole rings is 1. The Morgan fingerprint density at radius 2 is 2.13 bits per heavy atom. The van der Waals surface area contributed by atoms with Gasteiger partial charge in [0.05, 0.1) is 11.9 Å². The molecule has 0 radical (unpaired) electrons. The highest BCUT2D eigenvalue weighted by Gasteiger charge is 2.27. The van der Waals surface area contributed by atoms with Crippen LogP contribution < -0.4 is 11.1 Å². The van der Waals surface area contributed by atoms with Gasteiger partial charge >= 0.3 is 0 Å². The van der Waals surface area contributed by atoms with E-state index in [-0.39, 0.29) is 34.9 Å². The SMILES string of the molecule is C[C@H]1CC(c2ccncc2NC(=O)c2csc(-c3cc(O)ccc3F)n2)C[C@@H](N)C1. The van der Waals surface area contributed by atoms with Crippen LogP contribution in [-0.2, 0) is 0 Å². The lowest BCUT2D eigenvalue weighted by atomic mass is 9.76. The predicted octanol–water partition coefficient (Wildman–Crippen LogP) is 4.53. The first-order valence-electron chi connectivity index (χ1n) is 9.86. The minimum absolute atomic E-state index is 0.0625. The van der Waals surface area contributed by atoms with E-state index in [4.69, 9.17) is 5.73 Å². The van der Waals surface area contributed by atoms with Crippen molar-refractivity contribution in [3.63, 3.8) is 0 Å². The average molecular weight is 427 g/mol. The van der Waals surface area contributed by atoms with Crippen LogP contribution in [0.4, 0.5) is 10.1 Å². The number of amides is 1. The van der Waals surface area contributed by atoms with Crippen LogP contribution in [0, 0.1) is 11.7 Å². The van der Waals surface area contributed by atoms with E-state index in [0.717, 1.165) is 36.2 Å². The average Bonchev–Trinajstić information content (AvgIpc) is 3.19. The Labute approximate surface area is 178 Å². The van der Waals surface area contributed by atoms with Crippen molar-refractivity contribution in [2.24, 2.45) is 11.7 Å². The third-order valence-electron chi connectivity index (χ3n) is 5.44. The number of rotatable bonds is 4. The number of nitrogens with two attached hydrogens (primary N) is 1. The zero-order chi connectivity index (χ0) is 21.3. The van der Waals surface area contributed by atoms with Crippen molar-refractivity contribution in [2.45, 2.75) is 38.1 Å². The Balaban J connectivity index is 1.56. The van der Waals surface area contributed by atoms with E-state index in [1.54, 1.807) is 17.8 Å². The number of aromatic nitrogens is 2. The smallest absolute Gasteiger partial charge is 0.275 e. The molecule has 0 saturated heterocycles. The topological polar surface area (TPSA) is 101 Å². The van der Waals surface area contributed by atoms with Gasteiger partial charge < -0.3 is 16.2 Å². The lowest BCUT2D eigenvalue weighted by molar-refractivity contribution is 0.102. The van der Waals surface area contributed by atoms with Crippen LogP contribution in [0.1, 0.15) is 48.2 Å². The molecule has 2 aromatic heterocycles. The molecule has 0 spiro atoms. The highest BCUT2D eigenvalue weighted by atomic mass is 32.1. The van der Waals surface area contributed by atoms with Gasteiger partial charge in [0.2, 0.25) is 0 Å². The van der Waals surface area contributed by atoms with Crippen molar-refractivity contribution in [1.82, 2.24) is 9.97 Å². The maximum atomic E-state index is 14.1. The van der Waals surface area contributed by atoms with Crippen molar-refractivity contribution in [2.75, 3.05) is 5.32 Å². The molecule has 4 rings (SSSR count). The number of aromatic hydroxyl groups is 1. The number of hydrogen-bond donors (Lipinski definition) is 3. The van der Waals surface area contributed by atoms with Crippen LogP contribution in [-0.4, -0.2) is 27.0 Å². The molecule has 3 aromatic rings. The summed E-state index contributed by atoms with van der Waals surface area (Å²) in [6.07, 6.45) is 6.26. The highest BCUT2D eigenvalue weighted by Crippen LogP contribution is 2.38. The zero-order valence-corrected chi connectivity index (χ0v) is 17.3. The second-order valence-corrected chi connectivity index (χ2v) is 8.75. The second-order valence-electron chi connectivity index (χ2n) is 7.89. The maximum Gasteiger partial charge on any atom is 0.275 e. The summed E-state index contributed by atoms with van der Waals surface area (Å²) in [5, 5.41) is 14.4. The Morgan fingerprint density at radius 1 is 1.30 bits per heavy atom. The molecule has 1 amide bonds. The van der Waals surface area contributed by atoms with E-state index < -0.39 is 5.82 Å². The molecule has 4 N–H and O–H groups in total. The molecule has 6 nitrogen and oxygen atoms in total. The summed E-state index contributed by atoms with van der Waals surface area (Å²) in [6, 6.07) is 5.81. The first-order chi connectivity index (χ1) is 14.4. The van der Waals surface area contributed by atoms with Gasteiger partial charge in [0.15, 0.2) is 0 Å². The third kappa shape index (κ3) is 4.34. The fourth-order valence-electron chi connectivity index (χ4n) is 4.14. The minimum atomic E-state index is -0.508. The van der Waals surface area contributed by atoms with Gasteiger partial charge in [-0.1, -0.05) is 6.92 Å². The van der Waals surface area contributed by atoms with Gasteiger partial charge in [-0.3, -0.25) is 9.78 Å². The largest absolute Gasteiger partial charge is 0.508 e. The van der Waals surface area contributed by atoms with E-state index in [1.807, 2.05) is 6.07 Å². The molecule has 1 aromatic carbocycles. The number of pyridine rings is 1. The Morgan fingerprint density at radius 3 is 2.93 bits per heavy atom. The summed E-state index contributed by atoms with van der Waals surface area (Å²) in [6.45, 7) is 2.20. The number of nitrogens with one attached hydrogen (secondary N) is 1. The Kier molecular flexibility index (Phi) is 5.78. The quantitative estimate of drug-likeness (QED) is 0.569. The number of nitrogens with zero attached hydrogens (tertiary/aromatic N) is 2. The van der Waals surface area contributed by atoms with Crippen LogP contribution in [0.25, 0.3) is 10.6 Å². The molecule has 1 aliphatic carbocycles. The molecule has 1 saturated carbocycles. The number of hydrogen-bond acceptors (Lipinski definition) is 6. The third-order valence-corrected chi connectivity index (χ3v) is 6.31. The molecule has 2 heterocycles. The van der Waals surface area contributed by atoms with E-state index >= 15 is 0 Å². The molecular weight excluding hydrogens is 403 g/mol. The van der Waals surface area contributed by atoms with Gasteiger partial charge in [0, 0.05) is 23.2 Å². The fourth-order valence-corrected chi connectivity index (χ4v) is 4.96. The van der Waals surface area contributed by atoms with Gasteiger partial charge in [0.25, 0.3) is 5.91 Å². The normalized spacial score (nSPS) is 21.4. The highest BCUT2D eigenvalue weighted by molar-refractivity contribution is 7.13. The van der Waals surface area contributed by atoms with Crippen LogP contribution in [0.2, 0.25) is 0 Å². The number of phenols is 1. The van der Waals surface area contributed by atoms with Crippen molar-refractivity contribution < 1.29 is 14.3 Å². The molecule has 0 aliphatic heterocycles. The van der Waals surface area contributed by atoms with Crippen molar-refractivity contribution in [1.29, 1.82) is 0 Å². The molecule has 3 atom stereocenters. The van der Waals surface area contributed by atoms with E-state index in [0.29, 0.717) is 16.6 Å². The lowest BCUT2D eigenvalue weighted by Gasteiger charge is -2.32. The van der Waals surface area contributed by atoms with Gasteiger partial charge in [-0.15, -0.1) is 11.3 Å². The molecular formula is C22H23FN4O2S. The lowest BCUT2D eigenvalue weighted by Crippen LogP contribution is -2.31. The second kappa shape index (κ2) is 8.49. The number of anilines is 1. The van der Waals surface area contributed by atoms with Crippen LogP contribution in [0.5, 0.6) is 5.75 Å². The molecule has 1 fully saturated rings. The monoisotopic (exact) mass is 426 g/mol. The summed E-state index contributed by atoms with van der Waals surface area (Å²) >= 11 is 1.14. The van der Waals surface area contributed by atoms with E-state index in [9.17, 15) is 14.3 Å². The van der Waals surface area contributed by atoms with E-state index in [1.165, 1.54) is 18.2 Å². The van der Waals surface area contributed by atoms with Gasteiger partial charge in [0.1, 0.15) is 22.3 Å². The van der Waals surface area contributed by atoms with Gasteiger partial charge in [-0.05, 0) is 60.9 Å². The fraction of sp³-hybridized carbons (Fsp3) is 0.318. The van der Waals surface area contributed by atoms with Crippen LogP contribution in [0.15, 0.2) is 42.0 Å². The summed E-state index contributed by atoms with van der Waals surface area (Å²) in [5.74, 6) is -0.178. The minimum Gasteiger partial charge on any atom is -0.508 e. The first-order valence-corrected chi connectivity index (χ1v) is 10.7. The number of carbonyl (C=O) groups is 1. The zero-order valence-electron chi connectivity index (χ0n) is 16.5. The first kappa shape index (κ1) is 20.4. The Bertz CT molecular complexity index is 1060. The number of benzene rings is 1. The molecule has 1 unspecified atom stereocenters. The van der Waals surface area contributed by atoms with E-state index in [2.05, 4.69) is 22.2 Å². The molecule has 30 heavy (non-hydrogen) atoms. The van der Waals surface area contributed by atoms with Gasteiger partial charge in [-0.25, -0.2) is 9.37 Å². The van der Waals surface area contributed by atoms with Gasteiger partial charge in [-0.2, -0.15) is 0 Å². The van der Waals surface area contributed by atoms with Crippen molar-refractivity contribution in [3.05, 3.63) is 59.1 Å². The summed E-state index contributed by atoms with van der Waals surface area (Å²) < 4.78 is 14.1. The van der Waals surface area contributed by atoms with Crippen molar-refractivity contribution in [3.8, 4) is 16.3 Å². The van der Waals surface area contributed by atoms with Crippen LogP contribution in [0.3, 0.4) is 0 Å².